The van der Waals surface area contributed by atoms with E-state index in [0.29, 0.717) is 12.8 Å². The van der Waals surface area contributed by atoms with Gasteiger partial charge in [0.15, 0.2) is 6.10 Å². The van der Waals surface area contributed by atoms with Crippen LogP contribution in [0.15, 0.2) is 0 Å². The maximum absolute atomic E-state index is 12.0. The van der Waals surface area contributed by atoms with Gasteiger partial charge in [-0.3, -0.25) is 4.79 Å². The van der Waals surface area contributed by atoms with Gasteiger partial charge in [-0.1, -0.05) is 6.92 Å². The van der Waals surface area contributed by atoms with E-state index in [1.54, 1.807) is 0 Å². The fraction of sp³-hybridized carbons (Fsp3) is 0.846. The highest BCUT2D eigenvalue weighted by Crippen LogP contribution is 2.20. The summed E-state index contributed by atoms with van der Waals surface area (Å²) in [6.07, 6.45) is 1.41. The Balaban J connectivity index is 1.75. The molecule has 0 aromatic carbocycles. The number of aliphatic carboxylic acids is 1. The lowest BCUT2D eigenvalue weighted by Gasteiger charge is -2.31. The third-order valence-corrected chi connectivity index (χ3v) is 3.97. The van der Waals surface area contributed by atoms with E-state index in [1.807, 2.05) is 0 Å². The lowest BCUT2D eigenvalue weighted by atomic mass is 10.0. The lowest BCUT2D eigenvalue weighted by Crippen LogP contribution is -2.47. The minimum absolute atomic E-state index is 0.154. The van der Waals surface area contributed by atoms with Crippen molar-refractivity contribution in [2.75, 3.05) is 19.6 Å². The average Bonchev–Trinajstić information content (AvgIpc) is 2.89. The van der Waals surface area contributed by atoms with E-state index in [-0.39, 0.29) is 11.9 Å². The number of nitrogens with one attached hydrogen (secondary N) is 1. The van der Waals surface area contributed by atoms with Crippen LogP contribution in [0.2, 0.25) is 0 Å². The van der Waals surface area contributed by atoms with Crippen molar-refractivity contribution < 1.29 is 19.4 Å². The van der Waals surface area contributed by atoms with E-state index in [1.165, 1.54) is 0 Å². The van der Waals surface area contributed by atoms with Crippen LogP contribution in [0.1, 0.15) is 32.6 Å². The summed E-state index contributed by atoms with van der Waals surface area (Å²) in [6.45, 7) is 5.19. The van der Waals surface area contributed by atoms with E-state index in [0.717, 1.165) is 32.5 Å². The van der Waals surface area contributed by atoms with Gasteiger partial charge in [0.25, 0.3) is 0 Å². The first kappa shape index (κ1) is 14.3. The molecular weight excluding hydrogens is 248 g/mol. The molecule has 2 aliphatic heterocycles. The van der Waals surface area contributed by atoms with E-state index in [2.05, 4.69) is 17.1 Å². The summed E-state index contributed by atoms with van der Waals surface area (Å²) < 4.78 is 5.25. The number of ether oxygens (including phenoxy) is 1. The standard InChI is InChI=1S/C13H22N2O4/c1-2-15-7-5-9(6-8-15)14-12(16)10-3-4-11(19-10)13(17)18/h9-11H,2-8H2,1H3,(H,14,16)(H,17,18). The molecule has 2 N–H and O–H groups in total. The van der Waals surface area contributed by atoms with Crippen LogP contribution in [0, 0.1) is 0 Å². The van der Waals surface area contributed by atoms with Crippen LogP contribution in [0.4, 0.5) is 0 Å². The Morgan fingerprint density at radius 1 is 1.21 bits per heavy atom. The number of carboxylic acids is 1. The quantitative estimate of drug-likeness (QED) is 0.764. The topological polar surface area (TPSA) is 78.9 Å². The number of carbonyl (C=O) groups is 2. The van der Waals surface area contributed by atoms with E-state index < -0.39 is 18.2 Å². The Hall–Kier alpha value is -1.14. The first-order chi connectivity index (χ1) is 9.10. The van der Waals surface area contributed by atoms with Gasteiger partial charge in [-0.15, -0.1) is 0 Å². The number of rotatable bonds is 4. The van der Waals surface area contributed by atoms with Crippen molar-refractivity contribution >= 4 is 11.9 Å². The Bertz CT molecular complexity index is 340. The van der Waals surface area contributed by atoms with Crippen molar-refractivity contribution in [2.45, 2.75) is 50.9 Å². The molecule has 0 radical (unpaired) electrons. The zero-order valence-corrected chi connectivity index (χ0v) is 11.3. The van der Waals surface area contributed by atoms with Gasteiger partial charge in [0.05, 0.1) is 0 Å². The third kappa shape index (κ3) is 3.67. The van der Waals surface area contributed by atoms with Crippen molar-refractivity contribution in [1.82, 2.24) is 10.2 Å². The van der Waals surface area contributed by atoms with Gasteiger partial charge in [-0.2, -0.15) is 0 Å². The number of nitrogens with zero attached hydrogens (tertiary/aromatic N) is 1. The molecule has 1 amide bonds. The van der Waals surface area contributed by atoms with Crippen molar-refractivity contribution in [2.24, 2.45) is 0 Å². The Labute approximate surface area is 113 Å². The van der Waals surface area contributed by atoms with Crippen LogP contribution in [0.25, 0.3) is 0 Å². The van der Waals surface area contributed by atoms with E-state index in [9.17, 15) is 9.59 Å². The zero-order chi connectivity index (χ0) is 13.8. The number of carboxylic acid groups (broad SMARTS) is 1. The molecule has 6 nitrogen and oxygen atoms in total. The van der Waals surface area contributed by atoms with Crippen LogP contribution < -0.4 is 5.32 Å². The fourth-order valence-corrected chi connectivity index (χ4v) is 2.70. The molecule has 0 saturated carbocycles. The largest absolute Gasteiger partial charge is 0.479 e. The summed E-state index contributed by atoms with van der Waals surface area (Å²) in [5, 5.41) is 11.8. The predicted octanol–water partition coefficient (Wildman–Crippen LogP) is 0.219. The van der Waals surface area contributed by atoms with Crippen molar-refractivity contribution in [1.29, 1.82) is 0 Å². The molecule has 6 heteroatoms. The van der Waals surface area contributed by atoms with Gasteiger partial charge in [-0.05, 0) is 32.2 Å². The normalized spacial score (nSPS) is 29.3. The molecule has 2 aliphatic rings. The first-order valence-electron chi connectivity index (χ1n) is 7.01. The Kier molecular flexibility index (Phi) is 4.76. The van der Waals surface area contributed by atoms with Crippen molar-refractivity contribution in [3.63, 3.8) is 0 Å². The molecular formula is C13H22N2O4. The van der Waals surface area contributed by atoms with Crippen LogP contribution in [-0.2, 0) is 14.3 Å². The highest BCUT2D eigenvalue weighted by molar-refractivity contribution is 5.82. The maximum atomic E-state index is 12.0. The second-order valence-corrected chi connectivity index (χ2v) is 5.25. The lowest BCUT2D eigenvalue weighted by molar-refractivity contribution is -0.152. The van der Waals surface area contributed by atoms with E-state index in [4.69, 9.17) is 9.84 Å². The number of hydrogen-bond donors (Lipinski definition) is 2. The molecule has 108 valence electrons. The van der Waals surface area contributed by atoms with Gasteiger partial charge in [0.1, 0.15) is 6.10 Å². The number of amides is 1. The number of hydrogen-bond acceptors (Lipinski definition) is 4. The summed E-state index contributed by atoms with van der Waals surface area (Å²) in [7, 11) is 0. The van der Waals surface area contributed by atoms with Gasteiger partial charge < -0.3 is 20.1 Å². The summed E-state index contributed by atoms with van der Waals surface area (Å²) in [5.74, 6) is -1.13. The summed E-state index contributed by atoms with van der Waals surface area (Å²) in [6, 6.07) is 0.197. The molecule has 2 atom stereocenters. The third-order valence-electron chi connectivity index (χ3n) is 3.97. The van der Waals surface area contributed by atoms with Gasteiger partial charge in [0.2, 0.25) is 5.91 Å². The minimum atomic E-state index is -0.980. The van der Waals surface area contributed by atoms with Crippen LogP contribution in [-0.4, -0.2) is 59.8 Å². The molecule has 0 bridgehead atoms. The van der Waals surface area contributed by atoms with Crippen molar-refractivity contribution in [3.05, 3.63) is 0 Å². The van der Waals surface area contributed by atoms with Crippen LogP contribution >= 0.6 is 0 Å². The molecule has 0 aliphatic carbocycles. The predicted molar refractivity (Wildman–Crippen MR) is 68.8 cm³/mol. The zero-order valence-electron chi connectivity index (χ0n) is 11.3. The maximum Gasteiger partial charge on any atom is 0.332 e. The van der Waals surface area contributed by atoms with Crippen LogP contribution in [0.3, 0.4) is 0 Å². The fourth-order valence-electron chi connectivity index (χ4n) is 2.70. The molecule has 2 rings (SSSR count). The average molecular weight is 270 g/mol. The van der Waals surface area contributed by atoms with Gasteiger partial charge in [-0.25, -0.2) is 4.79 Å². The summed E-state index contributed by atoms with van der Waals surface area (Å²) >= 11 is 0. The molecule has 2 unspecified atom stereocenters. The second kappa shape index (κ2) is 6.34. The molecule has 0 spiro atoms. The SMILES string of the molecule is CCN1CCC(NC(=O)C2CCC(C(=O)O)O2)CC1. The minimum Gasteiger partial charge on any atom is -0.479 e. The highest BCUT2D eigenvalue weighted by Gasteiger charge is 2.35. The number of carbonyl (C=O) groups excluding carboxylic acids is 1. The Morgan fingerprint density at radius 3 is 2.37 bits per heavy atom. The smallest absolute Gasteiger partial charge is 0.332 e. The van der Waals surface area contributed by atoms with Crippen molar-refractivity contribution in [3.8, 4) is 0 Å². The first-order valence-corrected chi connectivity index (χ1v) is 7.01. The molecule has 2 saturated heterocycles. The summed E-state index contributed by atoms with van der Waals surface area (Å²) in [5.41, 5.74) is 0. The molecule has 2 fully saturated rings. The molecule has 19 heavy (non-hydrogen) atoms. The van der Waals surface area contributed by atoms with Gasteiger partial charge in [0, 0.05) is 19.1 Å². The monoisotopic (exact) mass is 270 g/mol. The summed E-state index contributed by atoms with van der Waals surface area (Å²) in [4.78, 5) is 25.1. The molecule has 2 heterocycles. The van der Waals surface area contributed by atoms with Crippen LogP contribution in [0.5, 0.6) is 0 Å². The second-order valence-electron chi connectivity index (χ2n) is 5.25. The number of likely N-dealkylation sites (tertiary alicyclic amines) is 1. The molecule has 0 aromatic heterocycles. The number of piperidine rings is 1. The van der Waals surface area contributed by atoms with Gasteiger partial charge >= 0.3 is 5.97 Å². The molecule has 0 aromatic rings. The van der Waals surface area contributed by atoms with E-state index >= 15 is 0 Å². The highest BCUT2D eigenvalue weighted by atomic mass is 16.5. The Morgan fingerprint density at radius 2 is 1.84 bits per heavy atom.